The van der Waals surface area contributed by atoms with Gasteiger partial charge in [-0.15, -0.1) is 24.0 Å². The number of nitrogens with two attached hydrogens (primary N) is 1. The second-order valence-electron chi connectivity index (χ2n) is 8.20. The Labute approximate surface area is 204 Å². The number of carbonyl (C=O) groups is 1. The van der Waals surface area contributed by atoms with E-state index in [1.807, 2.05) is 0 Å². The van der Waals surface area contributed by atoms with E-state index in [0.717, 1.165) is 69.1 Å². The maximum absolute atomic E-state index is 11.4. The van der Waals surface area contributed by atoms with Gasteiger partial charge in [0.05, 0.1) is 12.0 Å². The van der Waals surface area contributed by atoms with Crippen LogP contribution in [0.25, 0.3) is 0 Å². The van der Waals surface area contributed by atoms with Crippen LogP contribution in [0.15, 0.2) is 23.2 Å². The minimum atomic E-state index is -0.171. The number of aliphatic imine (C=N–C) groups is 1. The SMILES string of the molecule is CCC(C)Oc1cc(C)ccc1CNC(=NC)NCCCN1CCCC(C(N)=O)C1.I. The Morgan fingerprint density at radius 3 is 2.84 bits per heavy atom. The molecule has 0 aromatic heterocycles. The van der Waals surface area contributed by atoms with Gasteiger partial charge in [0.15, 0.2) is 5.96 Å². The van der Waals surface area contributed by atoms with Crippen LogP contribution in [0.5, 0.6) is 5.75 Å². The number of guanidine groups is 1. The summed E-state index contributed by atoms with van der Waals surface area (Å²) in [6, 6.07) is 6.31. The number of hydrogen-bond donors (Lipinski definition) is 3. The monoisotopic (exact) mass is 545 g/mol. The first-order chi connectivity index (χ1) is 14.4. The minimum Gasteiger partial charge on any atom is -0.490 e. The number of piperidine rings is 1. The minimum absolute atomic E-state index is 0. The molecule has 0 spiro atoms. The van der Waals surface area contributed by atoms with E-state index in [4.69, 9.17) is 10.5 Å². The topological polar surface area (TPSA) is 92.0 Å². The maximum Gasteiger partial charge on any atom is 0.221 e. The van der Waals surface area contributed by atoms with Gasteiger partial charge < -0.3 is 26.0 Å². The van der Waals surface area contributed by atoms with Crippen molar-refractivity contribution in [2.24, 2.45) is 16.6 Å². The standard InChI is InChI=1S/C23H39N5O2.HI/c1-5-18(3)30-21-14-17(2)9-10-19(21)15-27-23(25-4)26-11-7-13-28-12-6-8-20(16-28)22(24)29;/h9-10,14,18,20H,5-8,11-13,15-16H2,1-4H3,(H2,24,29)(H2,25,26,27);1H. The van der Waals surface area contributed by atoms with Gasteiger partial charge in [-0.25, -0.2) is 0 Å². The lowest BCUT2D eigenvalue weighted by molar-refractivity contribution is -0.123. The highest BCUT2D eigenvalue weighted by atomic mass is 127. The van der Waals surface area contributed by atoms with Crippen LogP contribution in [-0.4, -0.2) is 56.1 Å². The molecule has 0 bridgehead atoms. The molecule has 2 atom stereocenters. The summed E-state index contributed by atoms with van der Waals surface area (Å²) in [5.41, 5.74) is 7.78. The van der Waals surface area contributed by atoms with E-state index in [-0.39, 0.29) is 41.9 Å². The molecule has 1 aromatic rings. The molecule has 0 radical (unpaired) electrons. The molecule has 7 nitrogen and oxygen atoms in total. The van der Waals surface area contributed by atoms with Crippen LogP contribution in [0, 0.1) is 12.8 Å². The van der Waals surface area contributed by atoms with Crippen molar-refractivity contribution >= 4 is 35.8 Å². The summed E-state index contributed by atoms with van der Waals surface area (Å²) in [4.78, 5) is 18.1. The molecule has 176 valence electrons. The first-order valence-electron chi connectivity index (χ1n) is 11.1. The first kappa shape index (κ1) is 27.5. The third kappa shape index (κ3) is 9.64. The highest BCUT2D eigenvalue weighted by Crippen LogP contribution is 2.22. The zero-order valence-corrected chi connectivity index (χ0v) is 21.8. The van der Waals surface area contributed by atoms with E-state index in [0.29, 0.717) is 6.54 Å². The van der Waals surface area contributed by atoms with Crippen LogP contribution in [0.4, 0.5) is 0 Å². The summed E-state index contributed by atoms with van der Waals surface area (Å²) < 4.78 is 6.09. The maximum atomic E-state index is 11.4. The van der Waals surface area contributed by atoms with Gasteiger partial charge in [0.1, 0.15) is 5.75 Å². The third-order valence-corrected chi connectivity index (χ3v) is 5.65. The summed E-state index contributed by atoms with van der Waals surface area (Å²) in [5.74, 6) is 1.54. The summed E-state index contributed by atoms with van der Waals surface area (Å²) >= 11 is 0. The molecule has 0 aliphatic carbocycles. The molecule has 1 aliphatic rings. The molecule has 1 aromatic carbocycles. The van der Waals surface area contributed by atoms with Crippen LogP contribution in [0.2, 0.25) is 0 Å². The number of aryl methyl sites for hydroxylation is 1. The summed E-state index contributed by atoms with van der Waals surface area (Å²) in [7, 11) is 1.78. The quantitative estimate of drug-likeness (QED) is 0.182. The number of amides is 1. The van der Waals surface area contributed by atoms with Crippen molar-refractivity contribution in [2.75, 3.05) is 33.2 Å². The van der Waals surface area contributed by atoms with Gasteiger partial charge in [0.25, 0.3) is 0 Å². The average Bonchev–Trinajstić information content (AvgIpc) is 2.74. The number of benzene rings is 1. The Morgan fingerprint density at radius 2 is 2.16 bits per heavy atom. The van der Waals surface area contributed by atoms with Crippen molar-refractivity contribution in [2.45, 2.75) is 59.1 Å². The smallest absolute Gasteiger partial charge is 0.221 e. The third-order valence-electron chi connectivity index (χ3n) is 5.65. The molecule has 2 rings (SSSR count). The van der Waals surface area contributed by atoms with E-state index >= 15 is 0 Å². The molecule has 2 unspecified atom stereocenters. The number of rotatable bonds is 10. The Morgan fingerprint density at radius 1 is 1.39 bits per heavy atom. The Balaban J connectivity index is 0.00000480. The van der Waals surface area contributed by atoms with Gasteiger partial charge in [-0.3, -0.25) is 9.79 Å². The van der Waals surface area contributed by atoms with Gasteiger partial charge >= 0.3 is 0 Å². The van der Waals surface area contributed by atoms with Gasteiger partial charge in [-0.05, 0) is 64.3 Å². The molecule has 8 heteroatoms. The molecule has 1 saturated heterocycles. The van der Waals surface area contributed by atoms with Crippen LogP contribution >= 0.6 is 24.0 Å². The van der Waals surface area contributed by atoms with Crippen molar-refractivity contribution in [3.05, 3.63) is 29.3 Å². The second-order valence-corrected chi connectivity index (χ2v) is 8.20. The lowest BCUT2D eigenvalue weighted by Gasteiger charge is -2.31. The molecule has 4 N–H and O–H groups in total. The van der Waals surface area contributed by atoms with Gasteiger partial charge in [0, 0.05) is 32.2 Å². The largest absolute Gasteiger partial charge is 0.490 e. The van der Waals surface area contributed by atoms with Crippen molar-refractivity contribution in [3.63, 3.8) is 0 Å². The Bertz CT molecular complexity index is 713. The van der Waals surface area contributed by atoms with Gasteiger partial charge in [0.2, 0.25) is 5.91 Å². The number of halogens is 1. The van der Waals surface area contributed by atoms with Gasteiger partial charge in [-0.2, -0.15) is 0 Å². The number of likely N-dealkylation sites (tertiary alicyclic amines) is 1. The number of hydrogen-bond acceptors (Lipinski definition) is 4. The molecular weight excluding hydrogens is 505 g/mol. The number of primary amides is 1. The first-order valence-corrected chi connectivity index (χ1v) is 11.1. The van der Waals surface area contributed by atoms with E-state index in [9.17, 15) is 4.79 Å². The molecule has 0 saturated carbocycles. The fourth-order valence-electron chi connectivity index (χ4n) is 3.62. The van der Waals surface area contributed by atoms with E-state index < -0.39 is 0 Å². The lowest BCUT2D eigenvalue weighted by Crippen LogP contribution is -2.42. The molecule has 1 aliphatic heterocycles. The molecular formula is C23H40IN5O2. The zero-order chi connectivity index (χ0) is 21.9. The van der Waals surface area contributed by atoms with E-state index in [1.54, 1.807) is 7.05 Å². The van der Waals surface area contributed by atoms with Crippen molar-refractivity contribution in [1.82, 2.24) is 15.5 Å². The van der Waals surface area contributed by atoms with Crippen molar-refractivity contribution in [3.8, 4) is 5.75 Å². The van der Waals surface area contributed by atoms with E-state index in [1.165, 1.54) is 5.56 Å². The number of carbonyl (C=O) groups excluding carboxylic acids is 1. The lowest BCUT2D eigenvalue weighted by atomic mass is 9.97. The fraction of sp³-hybridized carbons (Fsp3) is 0.652. The molecule has 1 heterocycles. The molecule has 31 heavy (non-hydrogen) atoms. The summed E-state index contributed by atoms with van der Waals surface area (Å²) in [6.07, 6.45) is 4.11. The normalized spacial score (nSPS) is 18.1. The van der Waals surface area contributed by atoms with Crippen LogP contribution in [-0.2, 0) is 11.3 Å². The van der Waals surface area contributed by atoms with Crippen molar-refractivity contribution < 1.29 is 9.53 Å². The Kier molecular flexibility index (Phi) is 12.9. The fourth-order valence-corrected chi connectivity index (χ4v) is 3.62. The predicted octanol–water partition coefficient (Wildman–Crippen LogP) is 3.04. The van der Waals surface area contributed by atoms with Crippen LogP contribution in [0.1, 0.15) is 50.7 Å². The average molecular weight is 546 g/mol. The van der Waals surface area contributed by atoms with Crippen LogP contribution < -0.4 is 21.1 Å². The Hall–Kier alpha value is -1.55. The van der Waals surface area contributed by atoms with Crippen LogP contribution in [0.3, 0.4) is 0 Å². The highest BCUT2D eigenvalue weighted by molar-refractivity contribution is 14.0. The predicted molar refractivity (Wildman–Crippen MR) is 138 cm³/mol. The van der Waals surface area contributed by atoms with E-state index in [2.05, 4.69) is 59.5 Å². The number of nitrogens with zero attached hydrogens (tertiary/aromatic N) is 2. The summed E-state index contributed by atoms with van der Waals surface area (Å²) in [5, 5.41) is 6.76. The second kappa shape index (κ2) is 14.5. The highest BCUT2D eigenvalue weighted by Gasteiger charge is 2.23. The summed E-state index contributed by atoms with van der Waals surface area (Å²) in [6.45, 7) is 10.6. The van der Waals surface area contributed by atoms with Gasteiger partial charge in [-0.1, -0.05) is 19.1 Å². The molecule has 1 amide bonds. The zero-order valence-electron chi connectivity index (χ0n) is 19.4. The number of ether oxygens (including phenoxy) is 1. The number of nitrogens with one attached hydrogen (secondary N) is 2. The van der Waals surface area contributed by atoms with Crippen molar-refractivity contribution in [1.29, 1.82) is 0 Å². The molecule has 1 fully saturated rings.